The summed E-state index contributed by atoms with van der Waals surface area (Å²) in [5.74, 6) is -2.61. The van der Waals surface area contributed by atoms with Gasteiger partial charge in [0.05, 0.1) is 13.0 Å². The SMILES string of the molecule is CCOC(=O)C1(NC(=O)OCc2ccccc2)CC(=O)NC1=O. The van der Waals surface area contributed by atoms with E-state index in [1.807, 2.05) is 11.4 Å². The second-order valence-electron chi connectivity index (χ2n) is 4.87. The molecule has 3 amide bonds. The maximum atomic E-state index is 12.0. The van der Waals surface area contributed by atoms with Crippen LogP contribution in [0.15, 0.2) is 30.3 Å². The Bertz CT molecular complexity index is 630. The van der Waals surface area contributed by atoms with E-state index in [-0.39, 0.29) is 13.2 Å². The van der Waals surface area contributed by atoms with Gasteiger partial charge in [-0.1, -0.05) is 30.3 Å². The fourth-order valence-corrected chi connectivity index (χ4v) is 2.10. The molecule has 1 fully saturated rings. The molecule has 23 heavy (non-hydrogen) atoms. The van der Waals surface area contributed by atoms with Gasteiger partial charge in [-0.25, -0.2) is 9.59 Å². The summed E-state index contributed by atoms with van der Waals surface area (Å²) in [6, 6.07) is 8.87. The van der Waals surface area contributed by atoms with E-state index in [4.69, 9.17) is 9.47 Å². The van der Waals surface area contributed by atoms with Gasteiger partial charge in [0.25, 0.3) is 5.91 Å². The van der Waals surface area contributed by atoms with Crippen molar-refractivity contribution < 1.29 is 28.7 Å². The zero-order valence-corrected chi connectivity index (χ0v) is 12.5. The van der Waals surface area contributed by atoms with E-state index in [9.17, 15) is 19.2 Å². The van der Waals surface area contributed by atoms with Crippen LogP contribution in [0.4, 0.5) is 4.79 Å². The van der Waals surface area contributed by atoms with Crippen molar-refractivity contribution in [1.82, 2.24) is 10.6 Å². The van der Waals surface area contributed by atoms with Gasteiger partial charge in [0.1, 0.15) is 6.61 Å². The van der Waals surface area contributed by atoms with Crippen LogP contribution in [0.3, 0.4) is 0 Å². The highest BCUT2D eigenvalue weighted by atomic mass is 16.6. The largest absolute Gasteiger partial charge is 0.464 e. The van der Waals surface area contributed by atoms with E-state index < -0.39 is 35.8 Å². The van der Waals surface area contributed by atoms with Gasteiger partial charge in [0, 0.05) is 0 Å². The molecule has 1 aromatic carbocycles. The number of imide groups is 1. The van der Waals surface area contributed by atoms with Crippen molar-refractivity contribution >= 4 is 23.9 Å². The summed E-state index contributed by atoms with van der Waals surface area (Å²) in [4.78, 5) is 47.3. The van der Waals surface area contributed by atoms with Crippen molar-refractivity contribution in [2.24, 2.45) is 0 Å². The average molecular weight is 320 g/mol. The van der Waals surface area contributed by atoms with Crippen LogP contribution in [-0.4, -0.2) is 36.0 Å². The molecule has 1 aliphatic heterocycles. The second-order valence-corrected chi connectivity index (χ2v) is 4.87. The van der Waals surface area contributed by atoms with Crippen LogP contribution in [0.5, 0.6) is 0 Å². The Balaban J connectivity index is 2.06. The van der Waals surface area contributed by atoms with Crippen LogP contribution in [0.2, 0.25) is 0 Å². The maximum absolute atomic E-state index is 12.0. The summed E-state index contributed by atoms with van der Waals surface area (Å²) in [7, 11) is 0. The van der Waals surface area contributed by atoms with E-state index >= 15 is 0 Å². The molecule has 2 N–H and O–H groups in total. The lowest BCUT2D eigenvalue weighted by Crippen LogP contribution is -2.59. The van der Waals surface area contributed by atoms with Gasteiger partial charge in [-0.2, -0.15) is 0 Å². The first-order valence-electron chi connectivity index (χ1n) is 6.98. The number of esters is 1. The van der Waals surface area contributed by atoms with Crippen molar-refractivity contribution in [3.63, 3.8) is 0 Å². The lowest BCUT2D eigenvalue weighted by Gasteiger charge is -2.23. The van der Waals surface area contributed by atoms with Gasteiger partial charge in [-0.15, -0.1) is 0 Å². The van der Waals surface area contributed by atoms with E-state index in [0.717, 1.165) is 5.56 Å². The highest BCUT2D eigenvalue weighted by Crippen LogP contribution is 2.20. The summed E-state index contributed by atoms with van der Waals surface area (Å²) < 4.78 is 9.77. The molecule has 1 saturated heterocycles. The Kier molecular flexibility index (Phi) is 4.95. The Morgan fingerprint density at radius 1 is 1.22 bits per heavy atom. The minimum absolute atomic E-state index is 0.00277. The first-order valence-corrected chi connectivity index (χ1v) is 6.98. The quantitative estimate of drug-likeness (QED) is 0.457. The van der Waals surface area contributed by atoms with Gasteiger partial charge < -0.3 is 9.47 Å². The Morgan fingerprint density at radius 3 is 2.48 bits per heavy atom. The lowest BCUT2D eigenvalue weighted by atomic mass is 9.98. The van der Waals surface area contributed by atoms with Gasteiger partial charge >= 0.3 is 12.1 Å². The minimum Gasteiger partial charge on any atom is -0.464 e. The fourth-order valence-electron chi connectivity index (χ4n) is 2.10. The smallest absolute Gasteiger partial charge is 0.408 e. The first kappa shape index (κ1) is 16.5. The Morgan fingerprint density at radius 2 is 1.91 bits per heavy atom. The lowest BCUT2D eigenvalue weighted by molar-refractivity contribution is -0.154. The van der Waals surface area contributed by atoms with Crippen molar-refractivity contribution in [2.45, 2.75) is 25.5 Å². The number of alkyl carbamates (subject to hydrolysis) is 1. The molecule has 0 aliphatic carbocycles. The van der Waals surface area contributed by atoms with E-state index in [0.29, 0.717) is 0 Å². The van der Waals surface area contributed by atoms with Crippen LogP contribution in [0.25, 0.3) is 0 Å². The van der Waals surface area contributed by atoms with Gasteiger partial charge in [0.2, 0.25) is 11.4 Å². The molecule has 1 heterocycles. The third kappa shape index (κ3) is 3.65. The predicted octanol–water partition coefficient (Wildman–Crippen LogP) is 0.261. The maximum Gasteiger partial charge on any atom is 0.408 e. The number of amides is 3. The number of benzene rings is 1. The molecule has 8 nitrogen and oxygen atoms in total. The Hall–Kier alpha value is -2.90. The summed E-state index contributed by atoms with van der Waals surface area (Å²) in [5, 5.41) is 4.14. The highest BCUT2D eigenvalue weighted by molar-refractivity contribution is 6.21. The third-order valence-corrected chi connectivity index (χ3v) is 3.22. The molecule has 0 radical (unpaired) electrons. The number of carbonyl (C=O) groups excluding carboxylic acids is 4. The van der Waals surface area contributed by atoms with E-state index in [1.54, 1.807) is 31.2 Å². The van der Waals surface area contributed by atoms with Crippen molar-refractivity contribution in [3.05, 3.63) is 35.9 Å². The van der Waals surface area contributed by atoms with E-state index in [2.05, 4.69) is 5.32 Å². The van der Waals surface area contributed by atoms with Gasteiger partial charge in [0.15, 0.2) is 0 Å². The molecule has 1 atom stereocenters. The highest BCUT2D eigenvalue weighted by Gasteiger charge is 2.55. The molecule has 8 heteroatoms. The second kappa shape index (κ2) is 6.91. The van der Waals surface area contributed by atoms with Crippen LogP contribution in [-0.2, 0) is 30.5 Å². The number of carbonyl (C=O) groups is 4. The van der Waals surface area contributed by atoms with Gasteiger partial charge in [-0.05, 0) is 12.5 Å². The standard InChI is InChI=1S/C15H16N2O6/c1-2-22-13(20)15(8-11(18)16-12(15)19)17-14(21)23-9-10-6-4-3-5-7-10/h3-7H,2,8-9H2,1H3,(H,17,21)(H,16,18,19). The Labute approximate surface area is 132 Å². The molecule has 0 saturated carbocycles. The third-order valence-electron chi connectivity index (χ3n) is 3.22. The van der Waals surface area contributed by atoms with Crippen molar-refractivity contribution in [1.29, 1.82) is 0 Å². The van der Waals surface area contributed by atoms with Crippen molar-refractivity contribution in [2.75, 3.05) is 6.61 Å². The van der Waals surface area contributed by atoms with Crippen LogP contribution >= 0.6 is 0 Å². The number of ether oxygens (including phenoxy) is 2. The first-order chi connectivity index (χ1) is 11.0. The monoisotopic (exact) mass is 320 g/mol. The summed E-state index contributed by atoms with van der Waals surface area (Å²) in [6.45, 7) is 1.51. The molecule has 122 valence electrons. The molecule has 1 aromatic rings. The molecule has 2 rings (SSSR count). The number of nitrogens with one attached hydrogen (secondary N) is 2. The average Bonchev–Trinajstić information content (AvgIpc) is 2.81. The normalized spacial score (nSPS) is 19.9. The zero-order chi connectivity index (χ0) is 16.9. The van der Waals surface area contributed by atoms with Crippen LogP contribution in [0.1, 0.15) is 18.9 Å². The molecule has 1 aliphatic rings. The fraction of sp³-hybridized carbons (Fsp3) is 0.333. The van der Waals surface area contributed by atoms with Crippen LogP contribution in [0, 0.1) is 0 Å². The molecule has 1 unspecified atom stereocenters. The summed E-state index contributed by atoms with van der Waals surface area (Å²) >= 11 is 0. The number of hydrogen-bond acceptors (Lipinski definition) is 6. The topological polar surface area (TPSA) is 111 Å². The van der Waals surface area contributed by atoms with E-state index in [1.165, 1.54) is 0 Å². The summed E-state index contributed by atoms with van der Waals surface area (Å²) in [5.41, 5.74) is -1.35. The zero-order valence-electron chi connectivity index (χ0n) is 12.5. The molecule has 0 aromatic heterocycles. The number of rotatable bonds is 5. The predicted molar refractivity (Wildman–Crippen MR) is 76.9 cm³/mol. The van der Waals surface area contributed by atoms with Gasteiger partial charge in [-0.3, -0.25) is 20.2 Å². The summed E-state index contributed by atoms with van der Waals surface area (Å²) in [6.07, 6.45) is -1.52. The molecular weight excluding hydrogens is 304 g/mol. The number of hydrogen-bond donors (Lipinski definition) is 2. The van der Waals surface area contributed by atoms with Crippen LogP contribution < -0.4 is 10.6 Å². The van der Waals surface area contributed by atoms with Crippen molar-refractivity contribution in [3.8, 4) is 0 Å². The molecule has 0 spiro atoms. The molecular formula is C15H16N2O6. The minimum atomic E-state index is -2.08. The molecule has 0 bridgehead atoms.